The summed E-state index contributed by atoms with van der Waals surface area (Å²) in [6.45, 7) is 6.12. The lowest BCUT2D eigenvalue weighted by atomic mass is 9.99. The van der Waals surface area contributed by atoms with Gasteiger partial charge in [0, 0.05) is 10.9 Å². The summed E-state index contributed by atoms with van der Waals surface area (Å²) >= 11 is 1.55. The van der Waals surface area contributed by atoms with E-state index in [4.69, 9.17) is 0 Å². The normalized spacial score (nSPS) is 12.3. The third kappa shape index (κ3) is 3.49. The Morgan fingerprint density at radius 1 is 1.28 bits per heavy atom. The minimum absolute atomic E-state index is 0.545. The van der Waals surface area contributed by atoms with E-state index < -0.39 is 12.0 Å². The molecule has 2 aromatic heterocycles. The second-order valence-corrected chi connectivity index (χ2v) is 7.05. The molecule has 2 heterocycles. The number of nitrogens with one attached hydrogen (secondary N) is 1. The molecule has 1 atom stereocenters. The second kappa shape index (κ2) is 7.19. The third-order valence-corrected chi connectivity index (χ3v) is 5.12. The van der Waals surface area contributed by atoms with Crippen molar-refractivity contribution < 1.29 is 9.90 Å². The number of aliphatic carboxylic acids is 1. The fourth-order valence-electron chi connectivity index (χ4n) is 3.01. The summed E-state index contributed by atoms with van der Waals surface area (Å²) in [7, 11) is 0. The first-order chi connectivity index (χ1) is 12.0. The molecule has 0 aliphatic rings. The van der Waals surface area contributed by atoms with Crippen molar-refractivity contribution in [2.75, 3.05) is 5.32 Å². The number of fused-ring (bicyclic) bond motifs is 1. The van der Waals surface area contributed by atoms with Crippen LogP contribution in [0.4, 0.5) is 5.82 Å². The van der Waals surface area contributed by atoms with E-state index in [9.17, 15) is 9.90 Å². The van der Waals surface area contributed by atoms with Crippen molar-refractivity contribution in [3.63, 3.8) is 0 Å². The number of carboxylic acid groups (broad SMARTS) is 1. The van der Waals surface area contributed by atoms with Gasteiger partial charge >= 0.3 is 5.97 Å². The standard InChI is InChI=1S/C19H21N3O2S/c1-4-5-15(19(23)24)22-17-16-14(9-25-18(16)21-10-20-17)13-7-6-11(2)8-12(13)3/h6-10,15H,4-5H2,1-3H3,(H,23,24)(H,20,21,22). The number of carboxylic acids is 1. The van der Waals surface area contributed by atoms with Crippen LogP contribution >= 0.6 is 11.3 Å². The summed E-state index contributed by atoms with van der Waals surface area (Å²) in [4.78, 5) is 21.1. The van der Waals surface area contributed by atoms with Crippen molar-refractivity contribution in [2.24, 2.45) is 0 Å². The number of hydrogen-bond acceptors (Lipinski definition) is 5. The monoisotopic (exact) mass is 355 g/mol. The number of rotatable bonds is 6. The van der Waals surface area contributed by atoms with Crippen LogP contribution in [0.1, 0.15) is 30.9 Å². The number of carbonyl (C=O) groups is 1. The molecule has 1 unspecified atom stereocenters. The van der Waals surface area contributed by atoms with Gasteiger partial charge in [-0.3, -0.25) is 0 Å². The van der Waals surface area contributed by atoms with Crippen LogP contribution in [0.3, 0.4) is 0 Å². The van der Waals surface area contributed by atoms with Crippen LogP contribution < -0.4 is 5.32 Å². The fraction of sp³-hybridized carbons (Fsp3) is 0.316. The zero-order valence-electron chi connectivity index (χ0n) is 14.5. The zero-order chi connectivity index (χ0) is 18.0. The Morgan fingerprint density at radius 2 is 2.08 bits per heavy atom. The number of benzene rings is 1. The molecular weight excluding hydrogens is 334 g/mol. The Morgan fingerprint density at radius 3 is 2.76 bits per heavy atom. The number of aromatic nitrogens is 2. The summed E-state index contributed by atoms with van der Waals surface area (Å²) in [6.07, 6.45) is 2.81. The van der Waals surface area contributed by atoms with Crippen molar-refractivity contribution in [1.29, 1.82) is 0 Å². The van der Waals surface area contributed by atoms with Gasteiger partial charge in [0.15, 0.2) is 0 Å². The van der Waals surface area contributed by atoms with E-state index in [-0.39, 0.29) is 0 Å². The summed E-state index contributed by atoms with van der Waals surface area (Å²) in [5.41, 5.74) is 4.56. The maximum Gasteiger partial charge on any atom is 0.326 e. The Balaban J connectivity index is 2.11. The topological polar surface area (TPSA) is 75.1 Å². The van der Waals surface area contributed by atoms with Crippen molar-refractivity contribution in [1.82, 2.24) is 9.97 Å². The zero-order valence-corrected chi connectivity index (χ0v) is 15.4. The largest absolute Gasteiger partial charge is 0.480 e. The molecule has 0 bridgehead atoms. The second-order valence-electron chi connectivity index (χ2n) is 6.19. The number of anilines is 1. The van der Waals surface area contributed by atoms with Crippen molar-refractivity contribution >= 4 is 33.3 Å². The quantitative estimate of drug-likeness (QED) is 0.674. The van der Waals surface area contributed by atoms with Gasteiger partial charge in [-0.15, -0.1) is 11.3 Å². The Hall–Kier alpha value is -2.47. The van der Waals surface area contributed by atoms with Crippen LogP contribution in [-0.2, 0) is 4.79 Å². The van der Waals surface area contributed by atoms with E-state index in [1.54, 1.807) is 11.3 Å². The minimum atomic E-state index is -0.864. The highest BCUT2D eigenvalue weighted by Gasteiger charge is 2.20. The fourth-order valence-corrected chi connectivity index (χ4v) is 3.92. The predicted octanol–water partition coefficient (Wildman–Crippen LogP) is 4.64. The molecule has 3 aromatic rings. The van der Waals surface area contributed by atoms with E-state index in [0.29, 0.717) is 12.2 Å². The minimum Gasteiger partial charge on any atom is -0.480 e. The van der Waals surface area contributed by atoms with Gasteiger partial charge in [-0.25, -0.2) is 14.8 Å². The molecule has 0 aliphatic heterocycles. The van der Waals surface area contributed by atoms with Gasteiger partial charge in [-0.2, -0.15) is 0 Å². The molecule has 0 aliphatic carbocycles. The molecular formula is C19H21N3O2S. The van der Waals surface area contributed by atoms with E-state index in [2.05, 4.69) is 52.7 Å². The van der Waals surface area contributed by atoms with E-state index in [0.717, 1.165) is 27.8 Å². The lowest BCUT2D eigenvalue weighted by Gasteiger charge is -2.15. The van der Waals surface area contributed by atoms with Crippen molar-refractivity contribution in [3.8, 4) is 11.1 Å². The van der Waals surface area contributed by atoms with Gasteiger partial charge in [0.05, 0.1) is 5.39 Å². The first-order valence-electron chi connectivity index (χ1n) is 8.30. The Kier molecular flexibility index (Phi) is 4.99. The van der Waals surface area contributed by atoms with Gasteiger partial charge < -0.3 is 10.4 Å². The molecule has 1 aromatic carbocycles. The average molecular weight is 355 g/mol. The van der Waals surface area contributed by atoms with Gasteiger partial charge in [-0.1, -0.05) is 37.1 Å². The number of thiophene rings is 1. The molecule has 0 fully saturated rings. The molecule has 130 valence electrons. The van der Waals surface area contributed by atoms with Gasteiger partial charge in [0.2, 0.25) is 0 Å². The predicted molar refractivity (Wildman–Crippen MR) is 102 cm³/mol. The van der Waals surface area contributed by atoms with E-state index in [1.165, 1.54) is 17.5 Å². The maximum atomic E-state index is 11.5. The van der Waals surface area contributed by atoms with Crippen LogP contribution in [0.25, 0.3) is 21.3 Å². The van der Waals surface area contributed by atoms with Crippen LogP contribution in [0, 0.1) is 13.8 Å². The number of nitrogens with zero attached hydrogens (tertiary/aromatic N) is 2. The molecule has 5 nitrogen and oxygen atoms in total. The third-order valence-electron chi connectivity index (χ3n) is 4.23. The van der Waals surface area contributed by atoms with E-state index >= 15 is 0 Å². The first-order valence-corrected chi connectivity index (χ1v) is 9.18. The summed E-state index contributed by atoms with van der Waals surface area (Å²) in [5.74, 6) is -0.279. The molecule has 0 saturated heterocycles. The number of hydrogen-bond donors (Lipinski definition) is 2. The van der Waals surface area contributed by atoms with Crippen molar-refractivity contribution in [3.05, 3.63) is 41.0 Å². The molecule has 0 amide bonds. The number of aryl methyl sites for hydroxylation is 2. The highest BCUT2D eigenvalue weighted by molar-refractivity contribution is 7.17. The average Bonchev–Trinajstić information content (AvgIpc) is 2.99. The molecule has 0 saturated carbocycles. The first kappa shape index (κ1) is 17.4. The van der Waals surface area contributed by atoms with Crippen LogP contribution in [-0.4, -0.2) is 27.1 Å². The van der Waals surface area contributed by atoms with Crippen LogP contribution in [0.2, 0.25) is 0 Å². The Labute approximate surface area is 150 Å². The van der Waals surface area contributed by atoms with Crippen LogP contribution in [0.5, 0.6) is 0 Å². The van der Waals surface area contributed by atoms with Gasteiger partial charge in [0.1, 0.15) is 23.0 Å². The lowest BCUT2D eigenvalue weighted by molar-refractivity contribution is -0.138. The van der Waals surface area contributed by atoms with E-state index in [1.807, 2.05) is 6.92 Å². The summed E-state index contributed by atoms with van der Waals surface area (Å²) in [5, 5.41) is 15.5. The van der Waals surface area contributed by atoms with Crippen molar-refractivity contribution in [2.45, 2.75) is 39.7 Å². The maximum absolute atomic E-state index is 11.5. The van der Waals surface area contributed by atoms with Gasteiger partial charge in [-0.05, 0) is 31.4 Å². The summed E-state index contributed by atoms with van der Waals surface area (Å²) < 4.78 is 0. The SMILES string of the molecule is CCCC(Nc1ncnc2scc(-c3ccc(C)cc3C)c12)C(=O)O. The summed E-state index contributed by atoms with van der Waals surface area (Å²) in [6, 6.07) is 5.67. The molecule has 0 spiro atoms. The highest BCUT2D eigenvalue weighted by atomic mass is 32.1. The molecule has 2 N–H and O–H groups in total. The van der Waals surface area contributed by atoms with Gasteiger partial charge in [0.25, 0.3) is 0 Å². The molecule has 3 rings (SSSR count). The van der Waals surface area contributed by atoms with Crippen LogP contribution in [0.15, 0.2) is 29.9 Å². The lowest BCUT2D eigenvalue weighted by Crippen LogP contribution is -2.29. The molecule has 0 radical (unpaired) electrons. The highest BCUT2D eigenvalue weighted by Crippen LogP contribution is 2.38. The molecule has 6 heteroatoms. The Bertz CT molecular complexity index is 920. The smallest absolute Gasteiger partial charge is 0.326 e. The molecule has 25 heavy (non-hydrogen) atoms.